The first-order chi connectivity index (χ1) is 8.70. The molecule has 0 saturated heterocycles. The largest absolute Gasteiger partial charge is 0.409 e. The van der Waals surface area contributed by atoms with Gasteiger partial charge in [0.05, 0.1) is 0 Å². The monoisotopic (exact) mass is 322 g/mol. The summed E-state index contributed by atoms with van der Waals surface area (Å²) in [6.07, 6.45) is 0. The fourth-order valence-corrected chi connectivity index (χ4v) is 3.04. The number of oxime groups is 1. The lowest BCUT2D eigenvalue weighted by atomic mass is 10.2. The van der Waals surface area contributed by atoms with Crippen LogP contribution in [-0.4, -0.2) is 11.0 Å². The van der Waals surface area contributed by atoms with E-state index in [2.05, 4.69) is 21.1 Å². The van der Waals surface area contributed by atoms with E-state index in [-0.39, 0.29) is 5.84 Å². The molecule has 0 radical (unpaired) electrons. The Kier molecular flexibility index (Phi) is 4.28. The summed E-state index contributed by atoms with van der Waals surface area (Å²) in [6.45, 7) is 0. The van der Waals surface area contributed by atoms with Crippen LogP contribution in [-0.2, 0) is 0 Å². The highest BCUT2D eigenvalue weighted by atomic mass is 79.9. The van der Waals surface area contributed by atoms with E-state index in [1.54, 1.807) is 11.8 Å². The summed E-state index contributed by atoms with van der Waals surface area (Å²) >= 11 is 5.01. The molecule has 0 amide bonds. The van der Waals surface area contributed by atoms with Gasteiger partial charge < -0.3 is 10.9 Å². The Bertz CT molecular complexity index is 587. The van der Waals surface area contributed by atoms with E-state index in [4.69, 9.17) is 10.9 Å². The van der Waals surface area contributed by atoms with Gasteiger partial charge in [-0.3, -0.25) is 0 Å². The summed E-state index contributed by atoms with van der Waals surface area (Å²) in [4.78, 5) is 2.04. The minimum absolute atomic E-state index is 0.119. The molecule has 0 aromatic heterocycles. The van der Waals surface area contributed by atoms with Gasteiger partial charge in [0.2, 0.25) is 0 Å². The molecule has 18 heavy (non-hydrogen) atoms. The van der Waals surface area contributed by atoms with Crippen LogP contribution in [0.1, 0.15) is 5.56 Å². The molecule has 0 aliphatic carbocycles. The maximum Gasteiger partial charge on any atom is 0.171 e. The van der Waals surface area contributed by atoms with Gasteiger partial charge in [-0.2, -0.15) is 0 Å². The molecule has 0 aliphatic heterocycles. The number of benzene rings is 2. The van der Waals surface area contributed by atoms with E-state index in [9.17, 15) is 0 Å². The van der Waals surface area contributed by atoms with Gasteiger partial charge in [-0.1, -0.05) is 57.1 Å². The lowest BCUT2D eigenvalue weighted by Gasteiger charge is -2.07. The standard InChI is InChI=1S/C13H11BrN2OS/c14-9-4-3-5-10(8-9)18-12-7-2-1-6-11(12)13(15)16-17/h1-8,17H,(H2,15,16). The molecule has 5 heteroatoms. The van der Waals surface area contributed by atoms with E-state index >= 15 is 0 Å². The predicted molar refractivity (Wildman–Crippen MR) is 77.2 cm³/mol. The maximum atomic E-state index is 8.77. The number of nitrogens with zero attached hydrogens (tertiary/aromatic N) is 1. The zero-order valence-electron chi connectivity index (χ0n) is 9.38. The second kappa shape index (κ2) is 5.93. The number of nitrogens with two attached hydrogens (primary N) is 1. The van der Waals surface area contributed by atoms with E-state index in [0.29, 0.717) is 0 Å². The summed E-state index contributed by atoms with van der Waals surface area (Å²) in [6, 6.07) is 15.5. The molecule has 3 nitrogen and oxygen atoms in total. The smallest absolute Gasteiger partial charge is 0.171 e. The van der Waals surface area contributed by atoms with Crippen molar-refractivity contribution in [1.29, 1.82) is 0 Å². The van der Waals surface area contributed by atoms with Crippen LogP contribution >= 0.6 is 27.7 Å². The molecule has 0 bridgehead atoms. The molecule has 0 fully saturated rings. The van der Waals surface area contributed by atoms with Crippen LogP contribution < -0.4 is 5.73 Å². The molecule has 2 aromatic carbocycles. The predicted octanol–water partition coefficient (Wildman–Crippen LogP) is 3.69. The van der Waals surface area contributed by atoms with E-state index < -0.39 is 0 Å². The second-order valence-corrected chi connectivity index (χ2v) is 5.57. The van der Waals surface area contributed by atoms with Gasteiger partial charge in [-0.25, -0.2) is 0 Å². The molecule has 92 valence electrons. The van der Waals surface area contributed by atoms with Crippen molar-refractivity contribution < 1.29 is 5.21 Å². The SMILES string of the molecule is N/C(=N/O)c1ccccc1Sc1cccc(Br)c1. The minimum Gasteiger partial charge on any atom is -0.409 e. The molecular formula is C13H11BrN2OS. The maximum absolute atomic E-state index is 8.77. The first kappa shape index (κ1) is 13.0. The van der Waals surface area contributed by atoms with Gasteiger partial charge in [0.25, 0.3) is 0 Å². The molecule has 0 aliphatic rings. The number of halogens is 1. The van der Waals surface area contributed by atoms with Crippen molar-refractivity contribution in [3.63, 3.8) is 0 Å². The molecule has 0 atom stereocenters. The van der Waals surface area contributed by atoms with Gasteiger partial charge in [0.1, 0.15) is 0 Å². The first-order valence-corrected chi connectivity index (χ1v) is 6.82. The number of hydrogen-bond donors (Lipinski definition) is 2. The Morgan fingerprint density at radius 1 is 1.17 bits per heavy atom. The van der Waals surface area contributed by atoms with Crippen molar-refractivity contribution in [3.05, 3.63) is 58.6 Å². The van der Waals surface area contributed by atoms with Crippen LogP contribution in [0.2, 0.25) is 0 Å². The highest BCUT2D eigenvalue weighted by molar-refractivity contribution is 9.10. The Hall–Kier alpha value is -1.46. The zero-order valence-corrected chi connectivity index (χ0v) is 11.8. The third-order valence-corrected chi connectivity index (χ3v) is 3.85. The molecule has 2 aromatic rings. The van der Waals surface area contributed by atoms with Crippen molar-refractivity contribution >= 4 is 33.5 Å². The molecule has 3 N–H and O–H groups in total. The Labute approximate surface area is 118 Å². The third-order valence-electron chi connectivity index (χ3n) is 2.29. The summed E-state index contributed by atoms with van der Waals surface area (Å²) in [5.41, 5.74) is 6.38. The van der Waals surface area contributed by atoms with Gasteiger partial charge in [0, 0.05) is 19.8 Å². The topological polar surface area (TPSA) is 58.6 Å². The third kappa shape index (κ3) is 3.05. The van der Waals surface area contributed by atoms with Crippen LogP contribution in [0, 0.1) is 0 Å². The average Bonchev–Trinajstić information content (AvgIpc) is 2.38. The highest BCUT2D eigenvalue weighted by Crippen LogP contribution is 2.31. The average molecular weight is 323 g/mol. The Morgan fingerprint density at radius 3 is 2.67 bits per heavy atom. The molecule has 0 unspecified atom stereocenters. The minimum atomic E-state index is 0.119. The molecule has 2 rings (SSSR count). The van der Waals surface area contributed by atoms with Gasteiger partial charge in [-0.15, -0.1) is 0 Å². The lowest BCUT2D eigenvalue weighted by molar-refractivity contribution is 0.318. The number of hydrogen-bond acceptors (Lipinski definition) is 3. The van der Waals surface area contributed by atoms with Crippen molar-refractivity contribution in [2.24, 2.45) is 10.9 Å². The molecular weight excluding hydrogens is 312 g/mol. The van der Waals surface area contributed by atoms with Crippen molar-refractivity contribution in [2.45, 2.75) is 9.79 Å². The van der Waals surface area contributed by atoms with Crippen LogP contribution in [0.5, 0.6) is 0 Å². The highest BCUT2D eigenvalue weighted by Gasteiger charge is 2.07. The number of rotatable bonds is 3. The summed E-state index contributed by atoms with van der Waals surface area (Å²) in [5, 5.41) is 11.8. The summed E-state index contributed by atoms with van der Waals surface area (Å²) < 4.78 is 1.02. The lowest BCUT2D eigenvalue weighted by Crippen LogP contribution is -2.13. The van der Waals surface area contributed by atoms with Crippen molar-refractivity contribution in [1.82, 2.24) is 0 Å². The van der Waals surface area contributed by atoms with Crippen LogP contribution in [0.25, 0.3) is 0 Å². The Morgan fingerprint density at radius 2 is 1.94 bits per heavy atom. The van der Waals surface area contributed by atoms with Crippen LogP contribution in [0.3, 0.4) is 0 Å². The summed E-state index contributed by atoms with van der Waals surface area (Å²) in [7, 11) is 0. The fraction of sp³-hybridized carbons (Fsp3) is 0. The van der Waals surface area contributed by atoms with Gasteiger partial charge in [0.15, 0.2) is 5.84 Å². The normalized spacial score (nSPS) is 11.5. The molecule has 0 spiro atoms. The summed E-state index contributed by atoms with van der Waals surface area (Å²) in [5.74, 6) is 0.119. The van der Waals surface area contributed by atoms with Gasteiger partial charge in [-0.05, 0) is 24.3 Å². The first-order valence-electron chi connectivity index (χ1n) is 5.21. The Balaban J connectivity index is 2.35. The van der Waals surface area contributed by atoms with Crippen molar-refractivity contribution in [2.75, 3.05) is 0 Å². The van der Waals surface area contributed by atoms with Crippen LogP contribution in [0.4, 0.5) is 0 Å². The molecule has 0 heterocycles. The zero-order chi connectivity index (χ0) is 13.0. The van der Waals surface area contributed by atoms with E-state index in [0.717, 1.165) is 19.8 Å². The van der Waals surface area contributed by atoms with Gasteiger partial charge >= 0.3 is 0 Å². The van der Waals surface area contributed by atoms with E-state index in [1.165, 1.54) is 0 Å². The number of amidine groups is 1. The van der Waals surface area contributed by atoms with Crippen molar-refractivity contribution in [3.8, 4) is 0 Å². The second-order valence-electron chi connectivity index (χ2n) is 3.54. The fourth-order valence-electron chi connectivity index (χ4n) is 1.48. The van der Waals surface area contributed by atoms with E-state index in [1.807, 2.05) is 48.5 Å². The molecule has 0 saturated carbocycles. The van der Waals surface area contributed by atoms with Crippen LogP contribution in [0.15, 0.2) is 68.0 Å². The quantitative estimate of drug-likeness (QED) is 0.392.